The second kappa shape index (κ2) is 7.06. The normalized spacial score (nSPS) is 16.8. The number of amides is 2. The summed E-state index contributed by atoms with van der Waals surface area (Å²) in [6.45, 7) is 1.12. The summed E-state index contributed by atoms with van der Waals surface area (Å²) in [5.74, 6) is -0.129. The summed E-state index contributed by atoms with van der Waals surface area (Å²) in [5, 5.41) is 5.17. The zero-order chi connectivity index (χ0) is 16.1. The molecule has 2 N–H and O–H groups in total. The van der Waals surface area contributed by atoms with Crippen LogP contribution < -0.4 is 15.4 Å². The van der Waals surface area contributed by atoms with Crippen LogP contribution in [0.3, 0.4) is 0 Å². The van der Waals surface area contributed by atoms with E-state index in [0.29, 0.717) is 30.3 Å². The molecule has 0 saturated carbocycles. The third-order valence-electron chi connectivity index (χ3n) is 3.24. The third kappa shape index (κ3) is 4.40. The van der Waals surface area contributed by atoms with Crippen molar-refractivity contribution in [1.82, 2.24) is 4.98 Å². The molecule has 2 heterocycles. The Morgan fingerprint density at radius 3 is 2.91 bits per heavy atom. The first-order valence-electron chi connectivity index (χ1n) is 7.22. The molecule has 1 fully saturated rings. The van der Waals surface area contributed by atoms with E-state index >= 15 is 0 Å². The fourth-order valence-electron chi connectivity index (χ4n) is 2.23. The topological polar surface area (TPSA) is 72.5 Å². The average molecular weight is 317 g/mol. The fourth-order valence-corrected chi connectivity index (χ4v) is 2.23. The molecule has 0 aliphatic carbocycles. The lowest BCUT2D eigenvalue weighted by Gasteiger charge is -2.13. The molecule has 0 bridgehead atoms. The molecule has 1 aromatic carbocycles. The minimum atomic E-state index is -0.488. The number of carbonyl (C=O) groups excluding carboxylic acids is 1. The van der Waals surface area contributed by atoms with Crippen molar-refractivity contribution in [1.29, 1.82) is 0 Å². The van der Waals surface area contributed by atoms with E-state index < -0.39 is 11.8 Å². The number of carbonyl (C=O) groups is 1. The average Bonchev–Trinajstić information content (AvgIpc) is 3.00. The van der Waals surface area contributed by atoms with Crippen molar-refractivity contribution < 1.29 is 18.7 Å². The zero-order valence-electron chi connectivity index (χ0n) is 12.3. The Labute approximate surface area is 132 Å². The van der Waals surface area contributed by atoms with E-state index in [-0.39, 0.29) is 6.10 Å². The van der Waals surface area contributed by atoms with Crippen molar-refractivity contribution in [3.8, 4) is 5.75 Å². The minimum Gasteiger partial charge on any atom is -0.488 e. The van der Waals surface area contributed by atoms with E-state index in [0.717, 1.165) is 6.42 Å². The lowest BCUT2D eigenvalue weighted by molar-refractivity contribution is 0.141. The van der Waals surface area contributed by atoms with Gasteiger partial charge in [0.15, 0.2) is 0 Å². The number of nitrogens with zero attached hydrogens (tertiary/aromatic N) is 1. The quantitative estimate of drug-likeness (QED) is 0.909. The van der Waals surface area contributed by atoms with Crippen molar-refractivity contribution in [2.24, 2.45) is 0 Å². The van der Waals surface area contributed by atoms with Crippen LogP contribution in [0.2, 0.25) is 0 Å². The van der Waals surface area contributed by atoms with E-state index in [1.165, 1.54) is 18.3 Å². The smallest absolute Gasteiger partial charge is 0.323 e. The van der Waals surface area contributed by atoms with Crippen LogP contribution in [0.1, 0.15) is 6.42 Å². The van der Waals surface area contributed by atoms with Gasteiger partial charge < -0.3 is 20.1 Å². The summed E-state index contributed by atoms with van der Waals surface area (Å²) in [4.78, 5) is 15.8. The Kier molecular flexibility index (Phi) is 4.68. The molecule has 0 radical (unpaired) electrons. The molecular weight excluding hydrogens is 301 g/mol. The van der Waals surface area contributed by atoms with E-state index in [9.17, 15) is 9.18 Å². The summed E-state index contributed by atoms with van der Waals surface area (Å²) >= 11 is 0. The Bertz CT molecular complexity index is 676. The highest BCUT2D eigenvalue weighted by Gasteiger charge is 2.18. The van der Waals surface area contributed by atoms with Gasteiger partial charge in [0.25, 0.3) is 0 Å². The molecule has 0 spiro atoms. The molecule has 0 unspecified atom stereocenters. The maximum atomic E-state index is 13.7. The van der Waals surface area contributed by atoms with Gasteiger partial charge in [-0.2, -0.15) is 0 Å². The number of halogens is 1. The first-order chi connectivity index (χ1) is 11.2. The second-order valence-corrected chi connectivity index (χ2v) is 5.10. The van der Waals surface area contributed by atoms with Crippen molar-refractivity contribution in [2.45, 2.75) is 12.5 Å². The molecular formula is C16H16FN3O3. The van der Waals surface area contributed by atoms with Crippen LogP contribution in [0.15, 0.2) is 42.7 Å². The molecule has 120 valence electrons. The number of aromatic nitrogens is 1. The zero-order valence-corrected chi connectivity index (χ0v) is 12.3. The number of benzene rings is 1. The third-order valence-corrected chi connectivity index (χ3v) is 3.24. The van der Waals surface area contributed by atoms with Crippen LogP contribution in [-0.4, -0.2) is 30.3 Å². The number of ether oxygens (including phenoxy) is 2. The monoisotopic (exact) mass is 317 g/mol. The Hall–Kier alpha value is -2.67. The second-order valence-electron chi connectivity index (χ2n) is 5.10. The SMILES string of the molecule is O=C(Nc1cccnc1)Nc1cc(F)cc(O[C@@H]2CCOC2)c1. The molecule has 23 heavy (non-hydrogen) atoms. The predicted molar refractivity (Wildman–Crippen MR) is 83.1 cm³/mol. The van der Waals surface area contributed by atoms with Gasteiger partial charge in [0.05, 0.1) is 25.1 Å². The molecule has 1 aliphatic heterocycles. The molecule has 6 nitrogen and oxygen atoms in total. The van der Waals surface area contributed by atoms with Gasteiger partial charge in [-0.1, -0.05) is 0 Å². The van der Waals surface area contributed by atoms with E-state index in [4.69, 9.17) is 9.47 Å². The number of hydrogen-bond donors (Lipinski definition) is 2. The molecule has 1 aliphatic rings. The molecule has 1 aromatic heterocycles. The first-order valence-corrected chi connectivity index (χ1v) is 7.22. The summed E-state index contributed by atoms with van der Waals surface area (Å²) in [6, 6.07) is 6.99. The molecule has 2 amide bonds. The lowest BCUT2D eigenvalue weighted by Crippen LogP contribution is -2.20. The number of hydrogen-bond acceptors (Lipinski definition) is 4. The highest BCUT2D eigenvalue weighted by molar-refractivity contribution is 5.99. The number of urea groups is 1. The number of nitrogens with one attached hydrogen (secondary N) is 2. The van der Waals surface area contributed by atoms with Crippen LogP contribution in [0.5, 0.6) is 5.75 Å². The maximum Gasteiger partial charge on any atom is 0.323 e. The van der Waals surface area contributed by atoms with Crippen LogP contribution in [0.4, 0.5) is 20.6 Å². The fraction of sp³-hybridized carbons (Fsp3) is 0.250. The van der Waals surface area contributed by atoms with E-state index in [1.807, 2.05) is 0 Å². The summed E-state index contributed by atoms with van der Waals surface area (Å²) in [6.07, 6.45) is 3.79. The van der Waals surface area contributed by atoms with Crippen LogP contribution in [-0.2, 0) is 4.74 Å². The van der Waals surface area contributed by atoms with Gasteiger partial charge in [-0.05, 0) is 18.2 Å². The largest absolute Gasteiger partial charge is 0.488 e. The lowest BCUT2D eigenvalue weighted by atomic mass is 10.2. The van der Waals surface area contributed by atoms with Gasteiger partial charge >= 0.3 is 6.03 Å². The Morgan fingerprint density at radius 2 is 2.17 bits per heavy atom. The first kappa shape index (κ1) is 15.2. The van der Waals surface area contributed by atoms with Gasteiger partial charge in [-0.25, -0.2) is 9.18 Å². The van der Waals surface area contributed by atoms with Crippen molar-refractivity contribution >= 4 is 17.4 Å². The molecule has 3 rings (SSSR count). The highest BCUT2D eigenvalue weighted by Crippen LogP contribution is 2.23. The van der Waals surface area contributed by atoms with Crippen LogP contribution >= 0.6 is 0 Å². The van der Waals surface area contributed by atoms with Crippen molar-refractivity contribution in [3.63, 3.8) is 0 Å². The molecule has 7 heteroatoms. The van der Waals surface area contributed by atoms with Crippen LogP contribution in [0.25, 0.3) is 0 Å². The van der Waals surface area contributed by atoms with Gasteiger partial charge in [-0.15, -0.1) is 0 Å². The highest BCUT2D eigenvalue weighted by atomic mass is 19.1. The standard InChI is InChI=1S/C16H16FN3O3/c17-11-6-13(8-15(7-11)23-14-3-5-22-10-14)20-16(21)19-12-2-1-4-18-9-12/h1-2,4,6-9,14H,3,5,10H2,(H2,19,20,21)/t14-/m1/s1. The predicted octanol–water partition coefficient (Wildman–Crippen LogP) is 3.03. The summed E-state index contributed by atoms with van der Waals surface area (Å²) in [5.41, 5.74) is 0.848. The van der Waals surface area contributed by atoms with Crippen molar-refractivity contribution in [3.05, 3.63) is 48.5 Å². The number of pyridine rings is 1. The van der Waals surface area contributed by atoms with Gasteiger partial charge in [0, 0.05) is 30.4 Å². The van der Waals surface area contributed by atoms with Crippen molar-refractivity contribution in [2.75, 3.05) is 23.8 Å². The van der Waals surface area contributed by atoms with E-state index in [1.54, 1.807) is 24.4 Å². The van der Waals surface area contributed by atoms with E-state index in [2.05, 4.69) is 15.6 Å². The van der Waals surface area contributed by atoms with Gasteiger partial charge in [-0.3, -0.25) is 4.98 Å². The maximum absolute atomic E-state index is 13.7. The summed E-state index contributed by atoms with van der Waals surface area (Å²) in [7, 11) is 0. The molecule has 1 saturated heterocycles. The minimum absolute atomic E-state index is 0.0890. The van der Waals surface area contributed by atoms with Gasteiger partial charge in [0.1, 0.15) is 17.7 Å². The van der Waals surface area contributed by atoms with Gasteiger partial charge in [0.2, 0.25) is 0 Å². The molecule has 1 atom stereocenters. The Balaban J connectivity index is 1.64. The molecule has 2 aromatic rings. The summed E-state index contributed by atoms with van der Waals surface area (Å²) < 4.78 is 24.6. The number of anilines is 2. The number of rotatable bonds is 4. The Morgan fingerprint density at radius 1 is 1.30 bits per heavy atom. The van der Waals surface area contributed by atoms with Crippen LogP contribution in [0, 0.1) is 5.82 Å².